The SMILES string of the molecule is CC(c1ccccc1F)c1c(F)ccc2c1NC(=NCc1ccccc1O)NS2. The summed E-state index contributed by atoms with van der Waals surface area (Å²) in [5.41, 5.74) is 2.06. The van der Waals surface area contributed by atoms with Crippen molar-refractivity contribution in [2.75, 3.05) is 5.32 Å². The number of anilines is 1. The van der Waals surface area contributed by atoms with Crippen LogP contribution in [0, 0.1) is 11.6 Å². The van der Waals surface area contributed by atoms with Crippen molar-refractivity contribution in [1.29, 1.82) is 0 Å². The van der Waals surface area contributed by atoms with Gasteiger partial charge in [-0.05, 0) is 41.8 Å². The van der Waals surface area contributed by atoms with Gasteiger partial charge < -0.3 is 10.4 Å². The summed E-state index contributed by atoms with van der Waals surface area (Å²) in [5.74, 6) is -0.655. The zero-order valence-corrected chi connectivity index (χ0v) is 16.4. The Hall–Kier alpha value is -3.06. The van der Waals surface area contributed by atoms with E-state index >= 15 is 0 Å². The molecule has 1 aliphatic heterocycles. The first-order chi connectivity index (χ1) is 14.0. The summed E-state index contributed by atoms with van der Waals surface area (Å²) in [6.07, 6.45) is 0. The van der Waals surface area contributed by atoms with Crippen molar-refractivity contribution in [3.05, 3.63) is 89.0 Å². The van der Waals surface area contributed by atoms with Crippen molar-refractivity contribution < 1.29 is 13.9 Å². The van der Waals surface area contributed by atoms with E-state index < -0.39 is 11.7 Å². The molecular formula is C22H19F2N3OS. The van der Waals surface area contributed by atoms with Crippen molar-refractivity contribution in [2.45, 2.75) is 24.3 Å². The van der Waals surface area contributed by atoms with Crippen LogP contribution in [0.15, 0.2) is 70.6 Å². The largest absolute Gasteiger partial charge is 0.508 e. The van der Waals surface area contributed by atoms with Gasteiger partial charge in [-0.1, -0.05) is 43.3 Å². The van der Waals surface area contributed by atoms with Gasteiger partial charge in [-0.3, -0.25) is 4.72 Å². The minimum atomic E-state index is -0.489. The highest BCUT2D eigenvalue weighted by molar-refractivity contribution is 7.98. The lowest BCUT2D eigenvalue weighted by Gasteiger charge is -2.26. The average Bonchev–Trinajstić information content (AvgIpc) is 2.73. The second kappa shape index (κ2) is 8.13. The molecule has 4 rings (SSSR count). The normalized spacial score (nSPS) is 15.3. The number of nitrogens with zero attached hydrogens (tertiary/aromatic N) is 1. The fourth-order valence-corrected chi connectivity index (χ4v) is 4.04. The highest BCUT2D eigenvalue weighted by atomic mass is 32.2. The van der Waals surface area contributed by atoms with Gasteiger partial charge in [-0.25, -0.2) is 13.8 Å². The second-order valence-corrected chi connectivity index (χ2v) is 7.55. The van der Waals surface area contributed by atoms with Crippen LogP contribution in [0.2, 0.25) is 0 Å². The number of phenolic OH excluding ortho intramolecular Hbond substituents is 1. The first-order valence-corrected chi connectivity index (χ1v) is 9.94. The number of nitrogens with one attached hydrogen (secondary N) is 2. The number of fused-ring (bicyclic) bond motifs is 1. The number of phenols is 1. The maximum atomic E-state index is 14.8. The molecule has 7 heteroatoms. The smallest absolute Gasteiger partial charge is 0.206 e. The summed E-state index contributed by atoms with van der Waals surface area (Å²) < 4.78 is 32.2. The lowest BCUT2D eigenvalue weighted by atomic mass is 9.91. The third-order valence-corrected chi connectivity index (χ3v) is 5.71. The van der Waals surface area contributed by atoms with E-state index in [4.69, 9.17) is 0 Å². The lowest BCUT2D eigenvalue weighted by molar-refractivity contribution is 0.468. The zero-order valence-electron chi connectivity index (χ0n) is 15.6. The number of hydrogen-bond donors (Lipinski definition) is 3. The molecule has 0 saturated heterocycles. The van der Waals surface area contributed by atoms with Gasteiger partial charge >= 0.3 is 0 Å². The molecular weight excluding hydrogens is 392 g/mol. The molecule has 0 fully saturated rings. The van der Waals surface area contributed by atoms with Gasteiger partial charge in [0.2, 0.25) is 5.96 Å². The quantitative estimate of drug-likeness (QED) is 0.503. The molecule has 1 atom stereocenters. The Morgan fingerprint density at radius 2 is 1.76 bits per heavy atom. The first kappa shape index (κ1) is 19.3. The second-order valence-electron chi connectivity index (χ2n) is 6.70. The zero-order chi connectivity index (χ0) is 20.4. The van der Waals surface area contributed by atoms with Crippen LogP contribution in [0.3, 0.4) is 0 Å². The molecule has 0 spiro atoms. The molecule has 29 heavy (non-hydrogen) atoms. The molecule has 4 nitrogen and oxygen atoms in total. The van der Waals surface area contributed by atoms with Crippen molar-refractivity contribution in [3.8, 4) is 5.75 Å². The van der Waals surface area contributed by atoms with Gasteiger partial charge in [0, 0.05) is 17.0 Å². The maximum Gasteiger partial charge on any atom is 0.206 e. The number of rotatable bonds is 4. The minimum Gasteiger partial charge on any atom is -0.508 e. The van der Waals surface area contributed by atoms with Gasteiger partial charge in [0.05, 0.1) is 17.1 Å². The predicted octanol–water partition coefficient (Wildman–Crippen LogP) is 5.40. The third kappa shape index (κ3) is 3.91. The van der Waals surface area contributed by atoms with Gasteiger partial charge in [0.25, 0.3) is 0 Å². The van der Waals surface area contributed by atoms with Crippen LogP contribution in [0.4, 0.5) is 14.5 Å². The number of halogens is 2. The average molecular weight is 411 g/mol. The molecule has 1 heterocycles. The molecule has 0 aromatic heterocycles. The van der Waals surface area contributed by atoms with Gasteiger partial charge in [-0.2, -0.15) is 0 Å². The first-order valence-electron chi connectivity index (χ1n) is 9.12. The van der Waals surface area contributed by atoms with Crippen molar-refractivity contribution >= 4 is 23.6 Å². The Morgan fingerprint density at radius 1 is 1.00 bits per heavy atom. The molecule has 148 valence electrons. The molecule has 0 amide bonds. The van der Waals surface area contributed by atoms with Gasteiger partial charge in [0.15, 0.2) is 0 Å². The summed E-state index contributed by atoms with van der Waals surface area (Å²) in [7, 11) is 0. The molecule has 3 N–H and O–H groups in total. The van der Waals surface area contributed by atoms with Crippen LogP contribution in [-0.4, -0.2) is 11.1 Å². The monoisotopic (exact) mass is 411 g/mol. The number of aliphatic imine (C=N–C) groups is 1. The number of benzene rings is 3. The topological polar surface area (TPSA) is 56.7 Å². The molecule has 1 aliphatic rings. The van der Waals surface area contributed by atoms with E-state index in [0.717, 1.165) is 4.90 Å². The summed E-state index contributed by atoms with van der Waals surface area (Å²) in [6.45, 7) is 2.04. The minimum absolute atomic E-state index is 0.167. The molecule has 0 bridgehead atoms. The maximum absolute atomic E-state index is 14.8. The van der Waals surface area contributed by atoms with E-state index in [0.29, 0.717) is 28.3 Å². The molecule has 3 aromatic rings. The Bertz CT molecular complexity index is 1090. The van der Waals surface area contributed by atoms with Crippen LogP contribution in [0.25, 0.3) is 0 Å². The van der Waals surface area contributed by atoms with E-state index in [1.807, 2.05) is 6.07 Å². The Labute approximate surface area is 171 Å². The van der Waals surface area contributed by atoms with Crippen LogP contribution in [0.1, 0.15) is 29.5 Å². The summed E-state index contributed by atoms with van der Waals surface area (Å²) in [5, 5.41) is 13.0. The highest BCUT2D eigenvalue weighted by Gasteiger charge is 2.25. The van der Waals surface area contributed by atoms with E-state index in [1.165, 1.54) is 24.1 Å². The van der Waals surface area contributed by atoms with Crippen molar-refractivity contribution in [3.63, 3.8) is 0 Å². The molecule has 0 aliphatic carbocycles. The lowest BCUT2D eigenvalue weighted by Crippen LogP contribution is -2.30. The summed E-state index contributed by atoms with van der Waals surface area (Å²) >= 11 is 1.31. The van der Waals surface area contributed by atoms with Crippen LogP contribution < -0.4 is 10.0 Å². The van der Waals surface area contributed by atoms with Gasteiger partial charge in [0.1, 0.15) is 17.4 Å². The standard InChI is InChI=1S/C22H19F2N3OS/c1-13(15-7-3-4-8-16(15)23)20-17(24)10-11-19-21(20)26-22(27-29-19)25-12-14-6-2-5-9-18(14)28/h2-11,13,28H,12H2,1H3,(H2,25,26,27). The Kier molecular flexibility index (Phi) is 5.40. The van der Waals surface area contributed by atoms with Crippen LogP contribution >= 0.6 is 11.9 Å². The van der Waals surface area contributed by atoms with Crippen molar-refractivity contribution in [2.24, 2.45) is 4.99 Å². The van der Waals surface area contributed by atoms with Crippen LogP contribution in [-0.2, 0) is 6.54 Å². The Balaban J connectivity index is 1.67. The highest BCUT2D eigenvalue weighted by Crippen LogP contribution is 2.40. The third-order valence-electron chi connectivity index (χ3n) is 4.86. The van der Waals surface area contributed by atoms with Crippen LogP contribution in [0.5, 0.6) is 5.75 Å². The van der Waals surface area contributed by atoms with E-state index in [1.54, 1.807) is 49.4 Å². The van der Waals surface area contributed by atoms with E-state index in [2.05, 4.69) is 15.0 Å². The van der Waals surface area contributed by atoms with Gasteiger partial charge in [-0.15, -0.1) is 0 Å². The molecule has 1 unspecified atom stereocenters. The van der Waals surface area contributed by atoms with E-state index in [9.17, 15) is 13.9 Å². The molecule has 0 saturated carbocycles. The Morgan fingerprint density at radius 3 is 2.55 bits per heavy atom. The fourth-order valence-electron chi connectivity index (χ4n) is 3.32. The summed E-state index contributed by atoms with van der Waals surface area (Å²) in [6, 6.07) is 16.4. The van der Waals surface area contributed by atoms with E-state index in [-0.39, 0.29) is 18.1 Å². The fraction of sp³-hybridized carbons (Fsp3) is 0.136. The number of guanidine groups is 1. The number of para-hydroxylation sites is 1. The number of aromatic hydroxyl groups is 1. The number of hydrogen-bond acceptors (Lipinski definition) is 3. The van der Waals surface area contributed by atoms with Crippen molar-refractivity contribution in [1.82, 2.24) is 4.72 Å². The molecule has 0 radical (unpaired) electrons. The predicted molar refractivity (Wildman–Crippen MR) is 112 cm³/mol. The molecule has 3 aromatic carbocycles. The summed E-state index contributed by atoms with van der Waals surface area (Å²) in [4.78, 5) is 5.25.